The van der Waals surface area contributed by atoms with E-state index < -0.39 is 0 Å². The Balaban J connectivity index is 1.82. The van der Waals surface area contributed by atoms with Gasteiger partial charge in [-0.05, 0) is 12.2 Å². The number of thioether (sulfide) groups is 1. The lowest BCUT2D eigenvalue weighted by Crippen LogP contribution is -3.17. The molecule has 1 aliphatic rings. The molecule has 0 bridgehead atoms. The number of hydrogen-bond donors (Lipinski definition) is 1. The van der Waals surface area contributed by atoms with Crippen LogP contribution in [0.25, 0.3) is 0 Å². The molecule has 0 amide bonds. The first-order valence-electron chi connectivity index (χ1n) is 4.99. The summed E-state index contributed by atoms with van der Waals surface area (Å²) in [5.41, 5.74) is 0. The summed E-state index contributed by atoms with van der Waals surface area (Å²) >= 11 is 1.87. The molecule has 12 heavy (non-hydrogen) atoms. The summed E-state index contributed by atoms with van der Waals surface area (Å²) in [6.45, 7) is 3.06. The smallest absolute Gasteiger partial charge is 0.139 e. The largest absolute Gasteiger partial charge is 0.633 e. The van der Waals surface area contributed by atoms with Gasteiger partial charge in [0.1, 0.15) is 5.37 Å². The molecule has 0 aliphatic carbocycles. The predicted octanol–water partition coefficient (Wildman–Crippen LogP) is 1.41. The van der Waals surface area contributed by atoms with E-state index in [2.05, 4.69) is 6.92 Å². The van der Waals surface area contributed by atoms with E-state index in [9.17, 15) is 5.21 Å². The highest BCUT2D eigenvalue weighted by Crippen LogP contribution is 2.15. The molecule has 1 saturated heterocycles. The van der Waals surface area contributed by atoms with Gasteiger partial charge in [0.2, 0.25) is 0 Å². The van der Waals surface area contributed by atoms with E-state index in [0.29, 0.717) is 10.4 Å². The van der Waals surface area contributed by atoms with Crippen LogP contribution in [0.4, 0.5) is 0 Å². The molecule has 0 aromatic carbocycles. The molecule has 1 fully saturated rings. The quantitative estimate of drug-likeness (QED) is 0.505. The summed E-state index contributed by atoms with van der Waals surface area (Å²) in [5.74, 6) is 1.19. The number of rotatable bonds is 6. The minimum Gasteiger partial charge on any atom is -0.633 e. The van der Waals surface area contributed by atoms with Crippen LogP contribution < -0.4 is 5.06 Å². The molecule has 1 aliphatic heterocycles. The Morgan fingerprint density at radius 2 is 2.25 bits per heavy atom. The minimum absolute atomic E-state index is 0.381. The van der Waals surface area contributed by atoms with Crippen LogP contribution in [-0.4, -0.2) is 17.7 Å². The second-order valence-electron chi connectivity index (χ2n) is 3.43. The van der Waals surface area contributed by atoms with Crippen LogP contribution in [0.1, 0.15) is 39.0 Å². The van der Waals surface area contributed by atoms with Crippen molar-refractivity contribution in [3.63, 3.8) is 0 Å². The van der Waals surface area contributed by atoms with E-state index >= 15 is 0 Å². The van der Waals surface area contributed by atoms with Crippen LogP contribution in [0.15, 0.2) is 0 Å². The van der Waals surface area contributed by atoms with Gasteiger partial charge in [-0.3, -0.25) is 0 Å². The highest BCUT2D eigenvalue weighted by atomic mass is 32.2. The van der Waals surface area contributed by atoms with E-state index in [0.717, 1.165) is 13.0 Å². The van der Waals surface area contributed by atoms with Gasteiger partial charge in [0.25, 0.3) is 0 Å². The maximum absolute atomic E-state index is 10.9. The molecule has 2 atom stereocenters. The van der Waals surface area contributed by atoms with Gasteiger partial charge < -0.3 is 10.3 Å². The average molecular weight is 189 g/mol. The fourth-order valence-electron chi connectivity index (χ4n) is 1.31. The summed E-state index contributed by atoms with van der Waals surface area (Å²) in [6, 6.07) is 0. The van der Waals surface area contributed by atoms with Gasteiger partial charge in [0.05, 0.1) is 13.0 Å². The Morgan fingerprint density at radius 3 is 2.75 bits per heavy atom. The van der Waals surface area contributed by atoms with Crippen LogP contribution in [-0.2, 0) is 0 Å². The lowest BCUT2D eigenvalue weighted by atomic mass is 10.2. The summed E-state index contributed by atoms with van der Waals surface area (Å²) in [7, 11) is 0. The summed E-state index contributed by atoms with van der Waals surface area (Å²) < 4.78 is 0. The first kappa shape index (κ1) is 10.4. The molecule has 2 unspecified atom stereocenters. The van der Waals surface area contributed by atoms with Crippen LogP contribution in [0.5, 0.6) is 0 Å². The number of nitrogens with one attached hydrogen (secondary N) is 1. The third kappa shape index (κ3) is 3.33. The molecule has 0 spiro atoms. The molecule has 1 rings (SSSR count). The fraction of sp³-hybridized carbons (Fsp3) is 1.00. The second-order valence-corrected chi connectivity index (χ2v) is 4.74. The number of hydroxylamine groups is 2. The van der Waals surface area contributed by atoms with Gasteiger partial charge in [0.15, 0.2) is 0 Å². The molecule has 72 valence electrons. The summed E-state index contributed by atoms with van der Waals surface area (Å²) in [6.07, 6.45) is 6.41. The first-order valence-corrected chi connectivity index (χ1v) is 6.03. The van der Waals surface area contributed by atoms with E-state index in [1.165, 1.54) is 31.4 Å². The van der Waals surface area contributed by atoms with Gasteiger partial charge in [-0.25, -0.2) is 0 Å². The zero-order valence-electron chi connectivity index (χ0n) is 7.84. The third-order valence-corrected chi connectivity index (χ3v) is 3.75. The molecule has 2 nitrogen and oxygen atoms in total. The Kier molecular flexibility index (Phi) is 5.04. The van der Waals surface area contributed by atoms with Crippen LogP contribution in [0, 0.1) is 5.21 Å². The van der Waals surface area contributed by atoms with E-state index in [-0.39, 0.29) is 0 Å². The highest BCUT2D eigenvalue weighted by molar-refractivity contribution is 7.99. The van der Waals surface area contributed by atoms with Gasteiger partial charge in [0, 0.05) is 0 Å². The third-order valence-electron chi connectivity index (χ3n) is 2.33. The Bertz CT molecular complexity index is 121. The fourth-order valence-corrected chi connectivity index (χ4v) is 2.55. The Morgan fingerprint density at radius 1 is 1.42 bits per heavy atom. The van der Waals surface area contributed by atoms with Crippen molar-refractivity contribution < 1.29 is 5.06 Å². The normalized spacial score (nSPS) is 28.5. The molecule has 1 heterocycles. The van der Waals surface area contributed by atoms with E-state index in [1.54, 1.807) is 0 Å². The molecule has 0 aromatic rings. The van der Waals surface area contributed by atoms with Crippen molar-refractivity contribution in [1.29, 1.82) is 0 Å². The standard InChI is InChI=1S/C9H19NOS/c1-2-3-4-5-8-12-9-6-7-10(9)11/h9-10H,2-8H2,1H3. The number of unbranched alkanes of at least 4 members (excludes halogenated alkanes) is 3. The maximum Gasteiger partial charge on any atom is 0.139 e. The van der Waals surface area contributed by atoms with Crippen molar-refractivity contribution >= 4 is 11.8 Å². The van der Waals surface area contributed by atoms with Gasteiger partial charge >= 0.3 is 0 Å². The van der Waals surface area contributed by atoms with Crippen molar-refractivity contribution in [3.8, 4) is 0 Å². The van der Waals surface area contributed by atoms with Crippen molar-refractivity contribution in [2.75, 3.05) is 12.3 Å². The van der Waals surface area contributed by atoms with E-state index in [1.807, 2.05) is 11.8 Å². The molecule has 0 radical (unpaired) electrons. The zero-order chi connectivity index (χ0) is 8.81. The lowest BCUT2D eigenvalue weighted by molar-refractivity contribution is -0.901. The Labute approximate surface area is 79.3 Å². The lowest BCUT2D eigenvalue weighted by Gasteiger charge is -2.39. The molecular weight excluding hydrogens is 170 g/mol. The monoisotopic (exact) mass is 189 g/mol. The molecule has 0 saturated carbocycles. The van der Waals surface area contributed by atoms with Crippen molar-refractivity contribution in [2.45, 2.75) is 44.4 Å². The summed E-state index contributed by atoms with van der Waals surface area (Å²) in [5, 5.41) is 11.8. The first-order chi connectivity index (χ1) is 5.84. The van der Waals surface area contributed by atoms with Gasteiger partial charge in [-0.2, -0.15) is 0 Å². The summed E-state index contributed by atoms with van der Waals surface area (Å²) in [4.78, 5) is 0. The van der Waals surface area contributed by atoms with Crippen molar-refractivity contribution in [1.82, 2.24) is 0 Å². The van der Waals surface area contributed by atoms with Crippen molar-refractivity contribution in [3.05, 3.63) is 5.21 Å². The van der Waals surface area contributed by atoms with Crippen LogP contribution in [0.3, 0.4) is 0 Å². The number of hydrogen-bond acceptors (Lipinski definition) is 2. The molecular formula is C9H19NOS. The molecule has 0 aromatic heterocycles. The SMILES string of the molecule is CCCCCCSC1CC[NH+]1[O-]. The zero-order valence-corrected chi connectivity index (χ0v) is 8.66. The molecule has 3 heteroatoms. The maximum atomic E-state index is 10.9. The molecule has 1 N–H and O–H groups in total. The number of quaternary nitrogens is 1. The second kappa shape index (κ2) is 5.84. The predicted molar refractivity (Wildman–Crippen MR) is 54.2 cm³/mol. The topological polar surface area (TPSA) is 27.5 Å². The van der Waals surface area contributed by atoms with Crippen LogP contribution >= 0.6 is 11.8 Å². The Hall–Kier alpha value is 0.270. The van der Waals surface area contributed by atoms with Crippen molar-refractivity contribution in [2.24, 2.45) is 0 Å². The highest BCUT2D eigenvalue weighted by Gasteiger charge is 2.25. The van der Waals surface area contributed by atoms with E-state index in [4.69, 9.17) is 0 Å². The minimum atomic E-state index is 0.381. The van der Waals surface area contributed by atoms with Gasteiger partial charge in [-0.15, -0.1) is 0 Å². The van der Waals surface area contributed by atoms with Gasteiger partial charge in [-0.1, -0.05) is 37.9 Å². The average Bonchev–Trinajstić information content (AvgIpc) is 2.08. The van der Waals surface area contributed by atoms with Crippen LogP contribution in [0.2, 0.25) is 0 Å².